The first-order chi connectivity index (χ1) is 21.1. The Morgan fingerprint density at radius 3 is 2.61 bits per heavy atom. The smallest absolute Gasteiger partial charge is 0.407 e. The molecule has 0 atom stereocenters. The zero-order valence-corrected chi connectivity index (χ0v) is 25.4. The van der Waals surface area contributed by atoms with E-state index in [1.54, 1.807) is 51.4 Å². The van der Waals surface area contributed by atoms with Gasteiger partial charge in [-0.05, 0) is 51.5 Å². The molecule has 0 saturated carbocycles. The van der Waals surface area contributed by atoms with Crippen molar-refractivity contribution in [3.8, 4) is 17.0 Å². The molecule has 13 nitrogen and oxygen atoms in total. The van der Waals surface area contributed by atoms with Gasteiger partial charge in [0.15, 0.2) is 11.6 Å². The number of hydrogen-bond donors (Lipinski definition) is 2. The molecule has 1 amide bonds. The minimum absolute atomic E-state index is 0.00342. The van der Waals surface area contributed by atoms with E-state index in [2.05, 4.69) is 25.2 Å². The average Bonchev–Trinajstić information content (AvgIpc) is 3.00. The molecule has 44 heavy (non-hydrogen) atoms. The summed E-state index contributed by atoms with van der Waals surface area (Å²) in [5, 5.41) is 2.66. The van der Waals surface area contributed by atoms with Gasteiger partial charge in [0.05, 0.1) is 38.8 Å². The normalized spacial score (nSPS) is 13.2. The molecule has 1 fully saturated rings. The fraction of sp³-hybridized carbons (Fsp3) is 0.419. The number of ether oxygens (including phenoxy) is 4. The minimum Gasteiger partial charge on any atom is -0.493 e. The van der Waals surface area contributed by atoms with E-state index in [4.69, 9.17) is 24.7 Å². The highest BCUT2D eigenvalue weighted by atomic mass is 16.6. The van der Waals surface area contributed by atoms with Gasteiger partial charge in [-0.2, -0.15) is 0 Å². The molecule has 3 aromatic rings. The number of benzene rings is 1. The third-order valence-electron chi connectivity index (χ3n) is 6.57. The zero-order valence-electron chi connectivity index (χ0n) is 25.4. The molecule has 234 valence electrons. The van der Waals surface area contributed by atoms with E-state index in [0.717, 1.165) is 11.3 Å². The number of rotatable bonds is 11. The lowest BCUT2D eigenvalue weighted by molar-refractivity contribution is 0.0525. The van der Waals surface area contributed by atoms with E-state index in [9.17, 15) is 14.4 Å². The van der Waals surface area contributed by atoms with Crippen molar-refractivity contribution in [2.45, 2.75) is 39.2 Å². The second-order valence-electron chi connectivity index (χ2n) is 11.0. The molecular weight excluding hydrogens is 568 g/mol. The molecule has 4 rings (SSSR count). The molecule has 13 heteroatoms. The molecule has 3 N–H and O–H groups in total. The van der Waals surface area contributed by atoms with Crippen LogP contribution in [0.15, 0.2) is 42.9 Å². The topological polar surface area (TPSA) is 168 Å². The third-order valence-corrected chi connectivity index (χ3v) is 6.57. The summed E-state index contributed by atoms with van der Waals surface area (Å²) in [5.74, 6) is -0.623. The van der Waals surface area contributed by atoms with Gasteiger partial charge in [-0.1, -0.05) is 0 Å². The number of methoxy groups -OCH3 is 1. The number of aromatic nitrogens is 3. The van der Waals surface area contributed by atoms with E-state index >= 15 is 0 Å². The van der Waals surface area contributed by atoms with Crippen LogP contribution in [0.2, 0.25) is 0 Å². The molecular formula is C31H38N6O7. The highest BCUT2D eigenvalue weighted by molar-refractivity contribution is 6.00. The maximum atomic E-state index is 13.4. The molecule has 1 aliphatic heterocycles. The summed E-state index contributed by atoms with van der Waals surface area (Å²) < 4.78 is 21.5. The Labute approximate surface area is 256 Å². The molecule has 3 heterocycles. The van der Waals surface area contributed by atoms with Gasteiger partial charge in [-0.3, -0.25) is 9.78 Å². The summed E-state index contributed by atoms with van der Waals surface area (Å²) >= 11 is 0. The van der Waals surface area contributed by atoms with Crippen LogP contribution in [0.1, 0.15) is 53.6 Å². The SMILES string of the molecule is COC(=O)c1cc(-c2cnc(N)c(C(=O)Cc3cnccc3N3CCOCC3)n2)ccc1OCCCNC(=O)OC(C)(C)C. The zero-order chi connectivity index (χ0) is 31.7. The van der Waals surface area contributed by atoms with Crippen LogP contribution >= 0.6 is 0 Å². The lowest BCUT2D eigenvalue weighted by Crippen LogP contribution is -2.37. The lowest BCUT2D eigenvalue weighted by Gasteiger charge is -2.30. The van der Waals surface area contributed by atoms with Gasteiger partial charge in [0, 0.05) is 55.3 Å². The number of ketones is 1. The van der Waals surface area contributed by atoms with Crippen LogP contribution in [-0.2, 0) is 20.6 Å². The number of carbonyl (C=O) groups is 3. The Kier molecular flexibility index (Phi) is 10.7. The minimum atomic E-state index is -0.611. The largest absolute Gasteiger partial charge is 0.493 e. The number of pyridine rings is 1. The molecule has 0 unspecified atom stereocenters. The standard InChI is InChI=1S/C31H38N6O7/c1-31(2,3)44-30(40)34-9-5-13-43-26-7-6-20(16-22(26)29(39)41-4)23-19-35-28(32)27(36-23)25(38)17-21-18-33-10-8-24(21)37-11-14-42-15-12-37/h6-8,10,16,18-19H,5,9,11-15,17H2,1-4H3,(H2,32,35)(H,34,40). The van der Waals surface area contributed by atoms with Crippen LogP contribution in [0.4, 0.5) is 16.3 Å². The van der Waals surface area contributed by atoms with Crippen molar-refractivity contribution >= 4 is 29.4 Å². The number of alkyl carbamates (subject to hydrolysis) is 1. The van der Waals surface area contributed by atoms with E-state index in [0.29, 0.717) is 56.3 Å². The van der Waals surface area contributed by atoms with Gasteiger partial charge >= 0.3 is 12.1 Å². The average molecular weight is 607 g/mol. The van der Waals surface area contributed by atoms with Gasteiger partial charge in [0.1, 0.15) is 22.6 Å². The van der Waals surface area contributed by atoms with Crippen molar-refractivity contribution in [1.82, 2.24) is 20.3 Å². The first-order valence-electron chi connectivity index (χ1n) is 14.3. The first-order valence-corrected chi connectivity index (χ1v) is 14.3. The number of hydrogen-bond acceptors (Lipinski definition) is 12. The second-order valence-corrected chi connectivity index (χ2v) is 11.0. The predicted molar refractivity (Wildman–Crippen MR) is 163 cm³/mol. The molecule has 0 aliphatic carbocycles. The van der Waals surface area contributed by atoms with E-state index < -0.39 is 17.7 Å². The van der Waals surface area contributed by atoms with Crippen LogP contribution in [-0.4, -0.2) is 85.0 Å². The predicted octanol–water partition coefficient (Wildman–Crippen LogP) is 3.46. The number of amides is 1. The Morgan fingerprint density at radius 2 is 1.89 bits per heavy atom. The fourth-order valence-electron chi connectivity index (χ4n) is 4.51. The highest BCUT2D eigenvalue weighted by Crippen LogP contribution is 2.28. The summed E-state index contributed by atoms with van der Waals surface area (Å²) in [5.41, 5.74) is 8.22. The third kappa shape index (κ3) is 8.63. The highest BCUT2D eigenvalue weighted by Gasteiger charge is 2.22. The fourth-order valence-corrected chi connectivity index (χ4v) is 4.51. The van der Waals surface area contributed by atoms with Gasteiger partial charge < -0.3 is 34.9 Å². The summed E-state index contributed by atoms with van der Waals surface area (Å²) in [7, 11) is 1.27. The van der Waals surface area contributed by atoms with Crippen molar-refractivity contribution in [2.24, 2.45) is 0 Å². The second kappa shape index (κ2) is 14.6. The number of nitrogens with two attached hydrogens (primary N) is 1. The van der Waals surface area contributed by atoms with Crippen molar-refractivity contribution in [3.63, 3.8) is 0 Å². The van der Waals surface area contributed by atoms with Crippen LogP contribution in [0.3, 0.4) is 0 Å². The number of nitrogen functional groups attached to an aromatic ring is 1. The van der Waals surface area contributed by atoms with Crippen molar-refractivity contribution in [3.05, 3.63) is 59.7 Å². The van der Waals surface area contributed by atoms with Crippen molar-refractivity contribution in [2.75, 3.05) is 57.2 Å². The summed E-state index contributed by atoms with van der Waals surface area (Å²) in [6.45, 7) is 8.55. The van der Waals surface area contributed by atoms with Gasteiger partial charge in [-0.25, -0.2) is 19.6 Å². The van der Waals surface area contributed by atoms with Gasteiger partial charge in [0.2, 0.25) is 0 Å². The van der Waals surface area contributed by atoms with Crippen molar-refractivity contribution in [1.29, 1.82) is 0 Å². The molecule has 0 bridgehead atoms. The molecule has 1 aliphatic rings. The monoisotopic (exact) mass is 606 g/mol. The lowest BCUT2D eigenvalue weighted by atomic mass is 10.0. The molecule has 0 radical (unpaired) electrons. The Bertz CT molecular complexity index is 1480. The van der Waals surface area contributed by atoms with E-state index in [-0.39, 0.29) is 35.9 Å². The first kappa shape index (κ1) is 32.1. The van der Waals surface area contributed by atoms with Gasteiger partial charge in [0.25, 0.3) is 0 Å². The van der Waals surface area contributed by atoms with Crippen LogP contribution < -0.4 is 20.7 Å². The quantitative estimate of drug-likeness (QED) is 0.186. The Hall–Kier alpha value is -4.78. The Morgan fingerprint density at radius 1 is 1.11 bits per heavy atom. The summed E-state index contributed by atoms with van der Waals surface area (Å²) in [4.78, 5) is 53.0. The number of morpholine rings is 1. The Balaban J connectivity index is 1.47. The molecule has 0 spiro atoms. The van der Waals surface area contributed by atoms with Crippen molar-refractivity contribution < 1.29 is 33.3 Å². The number of esters is 1. The maximum absolute atomic E-state index is 13.4. The summed E-state index contributed by atoms with van der Waals surface area (Å²) in [6, 6.07) is 6.76. The van der Waals surface area contributed by atoms with E-state index in [1.165, 1.54) is 13.3 Å². The summed E-state index contributed by atoms with van der Waals surface area (Å²) in [6.07, 6.45) is 4.80. The van der Waals surface area contributed by atoms with Crippen LogP contribution in [0.25, 0.3) is 11.3 Å². The van der Waals surface area contributed by atoms with Crippen LogP contribution in [0, 0.1) is 0 Å². The molecule has 1 aromatic carbocycles. The van der Waals surface area contributed by atoms with E-state index in [1.807, 2.05) is 6.07 Å². The molecule has 1 saturated heterocycles. The number of carbonyl (C=O) groups excluding carboxylic acids is 3. The van der Waals surface area contributed by atoms with Crippen LogP contribution in [0.5, 0.6) is 5.75 Å². The molecule has 2 aromatic heterocycles. The number of nitrogens with zero attached hydrogens (tertiary/aromatic N) is 4. The maximum Gasteiger partial charge on any atom is 0.407 e. The number of anilines is 2. The number of Topliss-reactive ketones (excluding diaryl/α,β-unsaturated/α-hetero) is 1. The number of nitrogens with one attached hydrogen (secondary N) is 1. The van der Waals surface area contributed by atoms with Gasteiger partial charge in [-0.15, -0.1) is 0 Å².